The lowest BCUT2D eigenvalue weighted by atomic mass is 10.2. The number of ether oxygens (including phenoxy) is 1. The summed E-state index contributed by atoms with van der Waals surface area (Å²) in [5.41, 5.74) is 6.77. The molecule has 1 aromatic carbocycles. The molecule has 130 valence electrons. The van der Waals surface area contributed by atoms with E-state index in [-0.39, 0.29) is 36.5 Å². The van der Waals surface area contributed by atoms with Crippen molar-refractivity contribution in [1.82, 2.24) is 10.2 Å². The fourth-order valence-electron chi connectivity index (χ4n) is 1.55. The molecule has 0 spiro atoms. The molecule has 0 bridgehead atoms. The first-order valence-electron chi connectivity index (χ1n) is 7.34. The minimum Gasteiger partial charge on any atom is -0.484 e. The second-order valence-corrected chi connectivity index (χ2v) is 5.70. The molecule has 0 aliphatic carbocycles. The zero-order valence-electron chi connectivity index (χ0n) is 14.2. The molecule has 0 atom stereocenters. The summed E-state index contributed by atoms with van der Waals surface area (Å²) in [7, 11) is 3.40. The molecular formula is C16H27IN4O2. The number of hydrogen-bond acceptors (Lipinski definition) is 3. The maximum absolute atomic E-state index is 11.5. The second-order valence-electron chi connectivity index (χ2n) is 5.70. The Balaban J connectivity index is 0.00000484. The van der Waals surface area contributed by atoms with Gasteiger partial charge in [0.25, 0.3) is 5.91 Å². The first-order chi connectivity index (χ1) is 10.4. The summed E-state index contributed by atoms with van der Waals surface area (Å²) in [6.07, 6.45) is 0. The van der Waals surface area contributed by atoms with E-state index in [1.54, 1.807) is 14.1 Å². The Hall–Kier alpha value is -1.51. The Morgan fingerprint density at radius 2 is 2.09 bits per heavy atom. The maximum atomic E-state index is 11.5. The molecule has 0 aliphatic rings. The zero-order chi connectivity index (χ0) is 16.5. The van der Waals surface area contributed by atoms with Gasteiger partial charge in [-0.2, -0.15) is 0 Å². The van der Waals surface area contributed by atoms with E-state index < -0.39 is 0 Å². The quantitative estimate of drug-likeness (QED) is 0.390. The van der Waals surface area contributed by atoms with Gasteiger partial charge in [-0.05, 0) is 23.6 Å². The van der Waals surface area contributed by atoms with Crippen molar-refractivity contribution in [3.63, 3.8) is 0 Å². The molecule has 1 aromatic rings. The molecule has 0 aromatic heterocycles. The fourth-order valence-corrected chi connectivity index (χ4v) is 1.55. The number of rotatable bonds is 7. The van der Waals surface area contributed by atoms with E-state index in [9.17, 15) is 4.79 Å². The molecule has 0 saturated heterocycles. The zero-order valence-corrected chi connectivity index (χ0v) is 16.5. The highest BCUT2D eigenvalue weighted by atomic mass is 127. The molecule has 0 aliphatic heterocycles. The van der Waals surface area contributed by atoms with Crippen LogP contribution in [0.15, 0.2) is 29.3 Å². The maximum Gasteiger partial charge on any atom is 0.259 e. The lowest BCUT2D eigenvalue weighted by Gasteiger charge is -2.12. The van der Waals surface area contributed by atoms with Crippen molar-refractivity contribution < 1.29 is 9.53 Å². The van der Waals surface area contributed by atoms with Crippen molar-refractivity contribution in [2.75, 3.05) is 27.2 Å². The van der Waals surface area contributed by atoms with E-state index in [0.29, 0.717) is 24.2 Å². The van der Waals surface area contributed by atoms with E-state index in [2.05, 4.69) is 24.2 Å². The number of nitrogens with one attached hydrogen (secondary N) is 1. The third-order valence-corrected chi connectivity index (χ3v) is 2.88. The van der Waals surface area contributed by atoms with Crippen molar-refractivity contribution >= 4 is 35.8 Å². The Labute approximate surface area is 155 Å². The molecule has 3 N–H and O–H groups in total. The molecule has 0 heterocycles. The van der Waals surface area contributed by atoms with Crippen molar-refractivity contribution in [3.8, 4) is 5.75 Å². The summed E-state index contributed by atoms with van der Waals surface area (Å²) in [6, 6.07) is 7.50. The number of halogens is 1. The van der Waals surface area contributed by atoms with E-state index in [4.69, 9.17) is 10.5 Å². The minimum atomic E-state index is -0.0782. The van der Waals surface area contributed by atoms with Crippen molar-refractivity contribution in [2.45, 2.75) is 20.4 Å². The number of guanidine groups is 1. The van der Waals surface area contributed by atoms with Crippen LogP contribution >= 0.6 is 24.0 Å². The number of carbonyl (C=O) groups excluding carboxylic acids is 1. The van der Waals surface area contributed by atoms with Gasteiger partial charge >= 0.3 is 0 Å². The molecule has 0 unspecified atom stereocenters. The molecule has 0 fully saturated rings. The minimum absolute atomic E-state index is 0. The van der Waals surface area contributed by atoms with Crippen LogP contribution in [0.25, 0.3) is 0 Å². The summed E-state index contributed by atoms with van der Waals surface area (Å²) < 4.78 is 5.47. The number of likely N-dealkylation sites (N-methyl/N-ethyl adjacent to an activating group) is 1. The lowest BCUT2D eigenvalue weighted by Crippen LogP contribution is -2.34. The largest absolute Gasteiger partial charge is 0.484 e. The standard InChI is InChI=1S/C16H26N4O2.HI/c1-12(2)9-18-16(17)19-10-13-6-5-7-14(8-13)22-11-15(21)20(3)4;/h5-8,12H,9-11H2,1-4H3,(H3,17,18,19);1H. The van der Waals surface area contributed by atoms with Gasteiger partial charge in [-0.15, -0.1) is 24.0 Å². The number of nitrogens with zero attached hydrogens (tertiary/aromatic N) is 2. The molecule has 6 nitrogen and oxygen atoms in total. The topological polar surface area (TPSA) is 80.0 Å². The van der Waals surface area contributed by atoms with Crippen molar-refractivity contribution in [1.29, 1.82) is 0 Å². The van der Waals surface area contributed by atoms with E-state index in [1.807, 2.05) is 24.3 Å². The van der Waals surface area contributed by atoms with Gasteiger partial charge in [0.05, 0.1) is 6.54 Å². The van der Waals surface area contributed by atoms with Gasteiger partial charge in [-0.3, -0.25) is 4.79 Å². The smallest absolute Gasteiger partial charge is 0.259 e. The first-order valence-corrected chi connectivity index (χ1v) is 7.34. The van der Waals surface area contributed by atoms with Crippen LogP contribution in [0.3, 0.4) is 0 Å². The number of hydrogen-bond donors (Lipinski definition) is 2. The van der Waals surface area contributed by atoms with Gasteiger partial charge in [0.15, 0.2) is 12.6 Å². The van der Waals surface area contributed by atoms with Gasteiger partial charge in [-0.1, -0.05) is 26.0 Å². The third-order valence-electron chi connectivity index (χ3n) is 2.88. The van der Waals surface area contributed by atoms with Gasteiger partial charge in [-0.25, -0.2) is 4.99 Å². The van der Waals surface area contributed by atoms with Gasteiger partial charge in [0, 0.05) is 20.6 Å². The van der Waals surface area contributed by atoms with Crippen LogP contribution in [0.1, 0.15) is 19.4 Å². The Bertz CT molecular complexity index is 519. The van der Waals surface area contributed by atoms with Crippen LogP contribution in [0, 0.1) is 5.92 Å². The second kappa shape index (κ2) is 11.1. The highest BCUT2D eigenvalue weighted by Gasteiger charge is 2.05. The summed E-state index contributed by atoms with van der Waals surface area (Å²) in [5, 5.41) is 3.07. The van der Waals surface area contributed by atoms with Crippen molar-refractivity contribution in [3.05, 3.63) is 29.8 Å². The van der Waals surface area contributed by atoms with E-state index >= 15 is 0 Å². The van der Waals surface area contributed by atoms with Crippen LogP contribution in [0.2, 0.25) is 0 Å². The predicted octanol–water partition coefficient (Wildman–Crippen LogP) is 1.83. The van der Waals surface area contributed by atoms with E-state index in [0.717, 1.165) is 12.1 Å². The summed E-state index contributed by atoms with van der Waals surface area (Å²) in [5.74, 6) is 1.52. The highest BCUT2D eigenvalue weighted by Crippen LogP contribution is 2.14. The van der Waals surface area contributed by atoms with Gasteiger partial charge in [0.1, 0.15) is 5.75 Å². The molecule has 0 saturated carbocycles. The average Bonchev–Trinajstić information content (AvgIpc) is 2.48. The molecule has 23 heavy (non-hydrogen) atoms. The number of nitrogens with two attached hydrogens (primary N) is 1. The van der Waals surface area contributed by atoms with Crippen molar-refractivity contribution in [2.24, 2.45) is 16.6 Å². The average molecular weight is 434 g/mol. The molecule has 7 heteroatoms. The van der Waals surface area contributed by atoms with Crippen LogP contribution < -0.4 is 15.8 Å². The van der Waals surface area contributed by atoms with E-state index in [1.165, 1.54) is 4.90 Å². The summed E-state index contributed by atoms with van der Waals surface area (Å²) in [4.78, 5) is 17.3. The van der Waals surface area contributed by atoms with Crippen LogP contribution in [-0.4, -0.2) is 44.0 Å². The number of benzene rings is 1. The van der Waals surface area contributed by atoms with Gasteiger partial charge < -0.3 is 20.7 Å². The predicted molar refractivity (Wildman–Crippen MR) is 104 cm³/mol. The van der Waals surface area contributed by atoms with Crippen LogP contribution in [-0.2, 0) is 11.3 Å². The van der Waals surface area contributed by atoms with Crippen LogP contribution in [0.4, 0.5) is 0 Å². The fraction of sp³-hybridized carbons (Fsp3) is 0.500. The van der Waals surface area contributed by atoms with Gasteiger partial charge in [0.2, 0.25) is 0 Å². The Morgan fingerprint density at radius 1 is 1.39 bits per heavy atom. The number of carbonyl (C=O) groups is 1. The monoisotopic (exact) mass is 434 g/mol. The molecular weight excluding hydrogens is 407 g/mol. The number of amides is 1. The molecule has 0 radical (unpaired) electrons. The SMILES string of the molecule is CC(C)CNC(N)=NCc1cccc(OCC(=O)N(C)C)c1.I. The molecule has 1 rings (SSSR count). The number of aliphatic imine (C=N–C) groups is 1. The Morgan fingerprint density at radius 3 is 2.70 bits per heavy atom. The normalized spacial score (nSPS) is 10.9. The Kier molecular flexibility index (Phi) is 10.4. The summed E-state index contributed by atoms with van der Waals surface area (Å²) >= 11 is 0. The third kappa shape index (κ3) is 9.27. The molecule has 1 amide bonds. The lowest BCUT2D eigenvalue weighted by molar-refractivity contribution is -0.130. The highest BCUT2D eigenvalue weighted by molar-refractivity contribution is 14.0. The van der Waals surface area contributed by atoms with Crippen LogP contribution in [0.5, 0.6) is 5.75 Å². The summed E-state index contributed by atoms with van der Waals surface area (Å²) in [6.45, 7) is 5.50. The first kappa shape index (κ1) is 21.5.